The topological polar surface area (TPSA) is 0 Å². The summed E-state index contributed by atoms with van der Waals surface area (Å²) in [4.78, 5) is 0. The fourth-order valence-corrected chi connectivity index (χ4v) is 3.04. The monoisotopic (exact) mass is 198 g/mol. The van der Waals surface area contributed by atoms with Gasteiger partial charge in [0, 0.05) is 0 Å². The van der Waals surface area contributed by atoms with Gasteiger partial charge in [0.2, 0.25) is 0 Å². The Morgan fingerprint density at radius 2 is 1.29 bits per heavy atom. The third-order valence-electron chi connectivity index (χ3n) is 3.80. The van der Waals surface area contributed by atoms with Crippen molar-refractivity contribution >= 4 is 0 Å². The fourth-order valence-electron chi connectivity index (χ4n) is 3.04. The van der Waals surface area contributed by atoms with Crippen LogP contribution < -0.4 is 0 Å². The normalized spacial score (nSPS) is 13.3. The summed E-state index contributed by atoms with van der Waals surface area (Å²) in [6.45, 7) is 16.6. The second-order valence-corrected chi connectivity index (χ2v) is 5.89. The highest BCUT2D eigenvalue weighted by molar-refractivity contribution is 4.86. The third kappa shape index (κ3) is 3.29. The maximum absolute atomic E-state index is 2.40. The van der Waals surface area contributed by atoms with Crippen LogP contribution in [0.5, 0.6) is 0 Å². The first-order chi connectivity index (χ1) is 6.36. The van der Waals surface area contributed by atoms with E-state index in [1.807, 2.05) is 0 Å². The van der Waals surface area contributed by atoms with E-state index in [1.165, 1.54) is 19.3 Å². The van der Waals surface area contributed by atoms with Crippen LogP contribution in [0.1, 0.15) is 67.7 Å². The Morgan fingerprint density at radius 3 is 1.50 bits per heavy atom. The molecule has 0 radical (unpaired) electrons. The summed E-state index contributed by atoms with van der Waals surface area (Å²) in [5, 5.41) is 0. The van der Waals surface area contributed by atoms with E-state index in [2.05, 4.69) is 48.5 Å². The Bertz CT molecular complexity index is 134. The SMILES string of the molecule is CCCC(CC(C)C)(C(C)C)C(C)C. The van der Waals surface area contributed by atoms with Crippen molar-refractivity contribution in [2.45, 2.75) is 67.7 Å². The molecule has 0 aromatic carbocycles. The molecule has 0 rings (SSSR count). The molecule has 0 saturated carbocycles. The standard InChI is InChI=1S/C14H30/c1-8-9-14(12(4)5,13(6)7)10-11(2)3/h11-13H,8-10H2,1-7H3. The lowest BCUT2D eigenvalue weighted by Gasteiger charge is -2.43. The van der Waals surface area contributed by atoms with E-state index >= 15 is 0 Å². The Balaban J connectivity index is 4.74. The van der Waals surface area contributed by atoms with Gasteiger partial charge in [-0.2, -0.15) is 0 Å². The molecule has 0 heteroatoms. The van der Waals surface area contributed by atoms with Crippen LogP contribution in [0.4, 0.5) is 0 Å². The van der Waals surface area contributed by atoms with Crippen molar-refractivity contribution in [2.24, 2.45) is 23.2 Å². The molecule has 0 heterocycles. The van der Waals surface area contributed by atoms with Crippen molar-refractivity contribution in [2.75, 3.05) is 0 Å². The summed E-state index contributed by atoms with van der Waals surface area (Å²) < 4.78 is 0. The van der Waals surface area contributed by atoms with Crippen LogP contribution in [0, 0.1) is 23.2 Å². The Hall–Kier alpha value is 0. The molecule has 0 N–H and O–H groups in total. The van der Waals surface area contributed by atoms with Crippen LogP contribution >= 0.6 is 0 Å². The van der Waals surface area contributed by atoms with E-state index in [4.69, 9.17) is 0 Å². The zero-order chi connectivity index (χ0) is 11.4. The summed E-state index contributed by atoms with van der Waals surface area (Å²) in [5.74, 6) is 2.45. The van der Waals surface area contributed by atoms with E-state index in [9.17, 15) is 0 Å². The van der Waals surface area contributed by atoms with Gasteiger partial charge in [0.25, 0.3) is 0 Å². The quantitative estimate of drug-likeness (QED) is 0.555. The van der Waals surface area contributed by atoms with Crippen molar-refractivity contribution in [1.82, 2.24) is 0 Å². The number of rotatable bonds is 6. The van der Waals surface area contributed by atoms with Crippen LogP contribution in [-0.2, 0) is 0 Å². The van der Waals surface area contributed by atoms with Gasteiger partial charge in [0.15, 0.2) is 0 Å². The van der Waals surface area contributed by atoms with Gasteiger partial charge >= 0.3 is 0 Å². The molecule has 0 saturated heterocycles. The van der Waals surface area contributed by atoms with Gasteiger partial charge in [-0.25, -0.2) is 0 Å². The van der Waals surface area contributed by atoms with Gasteiger partial charge < -0.3 is 0 Å². The summed E-state index contributed by atoms with van der Waals surface area (Å²) >= 11 is 0. The molecular formula is C14H30. The smallest absolute Gasteiger partial charge is 0.0249 e. The van der Waals surface area contributed by atoms with Gasteiger partial charge in [-0.05, 0) is 36.0 Å². The van der Waals surface area contributed by atoms with Crippen LogP contribution in [-0.4, -0.2) is 0 Å². The number of hydrogen-bond acceptors (Lipinski definition) is 0. The Kier molecular flexibility index (Phi) is 5.78. The van der Waals surface area contributed by atoms with Gasteiger partial charge in [-0.1, -0.05) is 54.9 Å². The molecule has 0 amide bonds. The predicted molar refractivity (Wildman–Crippen MR) is 66.5 cm³/mol. The maximum Gasteiger partial charge on any atom is -0.0249 e. The fraction of sp³-hybridized carbons (Fsp3) is 1.00. The van der Waals surface area contributed by atoms with Crippen molar-refractivity contribution < 1.29 is 0 Å². The predicted octanol–water partition coefficient (Wildman–Crippen LogP) is 5.13. The van der Waals surface area contributed by atoms with Gasteiger partial charge in [-0.3, -0.25) is 0 Å². The second-order valence-electron chi connectivity index (χ2n) is 5.89. The molecule has 86 valence electrons. The Labute approximate surface area is 91.5 Å². The summed E-state index contributed by atoms with van der Waals surface area (Å²) in [6, 6.07) is 0. The highest BCUT2D eigenvalue weighted by Crippen LogP contribution is 2.45. The summed E-state index contributed by atoms with van der Waals surface area (Å²) in [7, 11) is 0. The minimum Gasteiger partial charge on any atom is -0.0654 e. The lowest BCUT2D eigenvalue weighted by Crippen LogP contribution is -2.34. The molecule has 0 aromatic rings. The first-order valence-corrected chi connectivity index (χ1v) is 6.36. The van der Waals surface area contributed by atoms with Crippen LogP contribution in [0.15, 0.2) is 0 Å². The minimum absolute atomic E-state index is 0.572. The molecule has 0 bridgehead atoms. The molecule has 0 aliphatic rings. The highest BCUT2D eigenvalue weighted by Gasteiger charge is 2.36. The van der Waals surface area contributed by atoms with E-state index < -0.39 is 0 Å². The number of hydrogen-bond donors (Lipinski definition) is 0. The van der Waals surface area contributed by atoms with Gasteiger partial charge in [0.1, 0.15) is 0 Å². The zero-order valence-corrected chi connectivity index (χ0v) is 11.4. The lowest BCUT2D eigenvalue weighted by atomic mass is 9.62. The van der Waals surface area contributed by atoms with Crippen LogP contribution in [0.3, 0.4) is 0 Å². The molecule has 0 aliphatic heterocycles. The van der Waals surface area contributed by atoms with Gasteiger partial charge in [-0.15, -0.1) is 0 Å². The molecular weight excluding hydrogens is 168 g/mol. The third-order valence-corrected chi connectivity index (χ3v) is 3.80. The highest BCUT2D eigenvalue weighted by atomic mass is 14.4. The average Bonchev–Trinajstić information content (AvgIpc) is 2.01. The molecule has 14 heavy (non-hydrogen) atoms. The molecule has 0 aromatic heterocycles. The average molecular weight is 198 g/mol. The largest absolute Gasteiger partial charge is 0.0654 e. The molecule has 0 nitrogen and oxygen atoms in total. The zero-order valence-electron chi connectivity index (χ0n) is 11.4. The summed E-state index contributed by atoms with van der Waals surface area (Å²) in [6.07, 6.45) is 4.10. The molecule has 0 unspecified atom stereocenters. The van der Waals surface area contributed by atoms with E-state index in [0.717, 1.165) is 17.8 Å². The first kappa shape index (κ1) is 14.0. The van der Waals surface area contributed by atoms with E-state index in [-0.39, 0.29) is 0 Å². The molecule has 0 fully saturated rings. The Morgan fingerprint density at radius 1 is 0.857 bits per heavy atom. The van der Waals surface area contributed by atoms with Crippen molar-refractivity contribution in [3.05, 3.63) is 0 Å². The van der Waals surface area contributed by atoms with Crippen molar-refractivity contribution in [3.8, 4) is 0 Å². The van der Waals surface area contributed by atoms with Crippen molar-refractivity contribution in [3.63, 3.8) is 0 Å². The van der Waals surface area contributed by atoms with Crippen LogP contribution in [0.2, 0.25) is 0 Å². The van der Waals surface area contributed by atoms with E-state index in [0.29, 0.717) is 5.41 Å². The van der Waals surface area contributed by atoms with Crippen molar-refractivity contribution in [1.29, 1.82) is 0 Å². The lowest BCUT2D eigenvalue weighted by molar-refractivity contribution is 0.0676. The van der Waals surface area contributed by atoms with E-state index in [1.54, 1.807) is 0 Å². The molecule has 0 spiro atoms. The second kappa shape index (κ2) is 5.78. The maximum atomic E-state index is 2.40. The van der Waals surface area contributed by atoms with Gasteiger partial charge in [0.05, 0.1) is 0 Å². The summed E-state index contributed by atoms with van der Waals surface area (Å²) in [5.41, 5.74) is 0.572. The molecule has 0 aliphatic carbocycles. The first-order valence-electron chi connectivity index (χ1n) is 6.36. The molecule has 0 atom stereocenters. The minimum atomic E-state index is 0.572. The van der Waals surface area contributed by atoms with Crippen LogP contribution in [0.25, 0.3) is 0 Å².